The Balaban J connectivity index is 1.66. The van der Waals surface area contributed by atoms with Crippen LogP contribution in [0.15, 0.2) is 77.7 Å². The number of carbonyl (C=O) groups excluding carboxylic acids is 1. The molecule has 3 aromatic rings. The lowest BCUT2D eigenvalue weighted by Gasteiger charge is -2.18. The zero-order valence-corrected chi connectivity index (χ0v) is 19.1. The van der Waals surface area contributed by atoms with E-state index < -0.39 is 10.0 Å². The van der Waals surface area contributed by atoms with Crippen molar-refractivity contribution in [3.63, 3.8) is 0 Å². The maximum absolute atomic E-state index is 12.8. The molecule has 162 valence electrons. The molecule has 3 aromatic carbocycles. The van der Waals surface area contributed by atoms with Crippen molar-refractivity contribution in [1.29, 1.82) is 0 Å². The topological polar surface area (TPSA) is 66.5 Å². The molecule has 0 fully saturated rings. The third-order valence-electron chi connectivity index (χ3n) is 5.13. The van der Waals surface area contributed by atoms with Gasteiger partial charge in [0, 0.05) is 24.8 Å². The quantitative estimate of drug-likeness (QED) is 0.554. The number of aryl methyl sites for hydroxylation is 1. The number of nitrogens with one attached hydrogen (secondary N) is 1. The number of amides is 1. The van der Waals surface area contributed by atoms with Gasteiger partial charge in [0.1, 0.15) is 0 Å². The van der Waals surface area contributed by atoms with E-state index in [1.54, 1.807) is 60.5 Å². The van der Waals surface area contributed by atoms with Gasteiger partial charge in [-0.2, -0.15) is 0 Å². The molecule has 0 atom stereocenters. The average Bonchev–Trinajstić information content (AvgIpc) is 2.74. The van der Waals surface area contributed by atoms with Crippen molar-refractivity contribution in [2.45, 2.75) is 38.1 Å². The van der Waals surface area contributed by atoms with Crippen LogP contribution in [0, 0.1) is 6.92 Å². The second-order valence-corrected chi connectivity index (χ2v) is 9.74. The molecule has 0 spiro atoms. The number of hydrogen-bond acceptors (Lipinski definition) is 3. The predicted molar refractivity (Wildman–Crippen MR) is 125 cm³/mol. The van der Waals surface area contributed by atoms with Crippen LogP contribution in [0.2, 0.25) is 0 Å². The van der Waals surface area contributed by atoms with Gasteiger partial charge in [-0.3, -0.25) is 9.52 Å². The highest BCUT2D eigenvalue weighted by Crippen LogP contribution is 2.19. The molecule has 0 aromatic heterocycles. The van der Waals surface area contributed by atoms with Crippen LogP contribution >= 0.6 is 0 Å². The van der Waals surface area contributed by atoms with E-state index in [9.17, 15) is 13.2 Å². The van der Waals surface area contributed by atoms with Gasteiger partial charge in [0.15, 0.2) is 0 Å². The molecule has 0 unspecified atom stereocenters. The van der Waals surface area contributed by atoms with Crippen molar-refractivity contribution >= 4 is 21.6 Å². The highest BCUT2D eigenvalue weighted by atomic mass is 32.2. The number of hydrogen-bond donors (Lipinski definition) is 1. The van der Waals surface area contributed by atoms with E-state index >= 15 is 0 Å². The maximum atomic E-state index is 12.8. The first-order valence-electron chi connectivity index (χ1n) is 10.2. The summed E-state index contributed by atoms with van der Waals surface area (Å²) in [5, 5.41) is 0. The van der Waals surface area contributed by atoms with Crippen LogP contribution < -0.4 is 4.72 Å². The Morgan fingerprint density at radius 2 is 1.48 bits per heavy atom. The smallest absolute Gasteiger partial charge is 0.261 e. The molecular weight excluding hydrogens is 408 g/mol. The minimum atomic E-state index is -3.68. The van der Waals surface area contributed by atoms with Gasteiger partial charge in [-0.05, 0) is 60.4 Å². The Labute approximate surface area is 184 Å². The molecule has 0 saturated carbocycles. The Hall–Kier alpha value is -3.12. The number of sulfonamides is 1. The van der Waals surface area contributed by atoms with Gasteiger partial charge >= 0.3 is 0 Å². The first-order valence-corrected chi connectivity index (χ1v) is 11.7. The fourth-order valence-electron chi connectivity index (χ4n) is 3.19. The lowest BCUT2D eigenvalue weighted by Crippen LogP contribution is -2.26. The monoisotopic (exact) mass is 436 g/mol. The summed E-state index contributed by atoms with van der Waals surface area (Å²) >= 11 is 0. The van der Waals surface area contributed by atoms with E-state index in [-0.39, 0.29) is 10.8 Å². The SMILES string of the molecule is Cc1ccc(S(=O)(=O)Nc2ccc(C(=O)N(C)Cc3ccc(C(C)C)cc3)cc2)cc1. The molecule has 0 heterocycles. The molecule has 0 bridgehead atoms. The number of rotatable bonds is 7. The van der Waals surface area contributed by atoms with Gasteiger partial charge < -0.3 is 4.90 Å². The Morgan fingerprint density at radius 3 is 2.03 bits per heavy atom. The zero-order chi connectivity index (χ0) is 22.6. The molecule has 0 aliphatic rings. The summed E-state index contributed by atoms with van der Waals surface area (Å²) in [6.07, 6.45) is 0. The van der Waals surface area contributed by atoms with Gasteiger partial charge in [0.2, 0.25) is 0 Å². The van der Waals surface area contributed by atoms with Crippen LogP contribution in [0.1, 0.15) is 46.8 Å². The van der Waals surface area contributed by atoms with Crippen molar-refractivity contribution in [2.24, 2.45) is 0 Å². The fourth-order valence-corrected chi connectivity index (χ4v) is 4.24. The number of carbonyl (C=O) groups is 1. The van der Waals surface area contributed by atoms with Crippen LogP contribution in [0.3, 0.4) is 0 Å². The summed E-state index contributed by atoms with van der Waals surface area (Å²) in [7, 11) is -1.92. The van der Waals surface area contributed by atoms with E-state index in [0.717, 1.165) is 11.1 Å². The largest absolute Gasteiger partial charge is 0.337 e. The maximum Gasteiger partial charge on any atom is 0.261 e. The van der Waals surface area contributed by atoms with Crippen molar-refractivity contribution < 1.29 is 13.2 Å². The minimum absolute atomic E-state index is 0.124. The summed E-state index contributed by atoms with van der Waals surface area (Å²) in [6, 6.07) is 21.4. The Kier molecular flexibility index (Phi) is 6.81. The standard InChI is InChI=1S/C25H28N2O3S/c1-18(2)21-9-7-20(8-10-21)17-27(4)25(28)22-11-13-23(14-12-22)26-31(29,30)24-15-5-19(3)6-16-24/h5-16,18,26H,17H2,1-4H3. The Bertz CT molecular complexity index is 1130. The fraction of sp³-hybridized carbons (Fsp3) is 0.240. The highest BCUT2D eigenvalue weighted by molar-refractivity contribution is 7.92. The van der Waals surface area contributed by atoms with Crippen LogP contribution in [-0.4, -0.2) is 26.3 Å². The van der Waals surface area contributed by atoms with Gasteiger partial charge in [0.05, 0.1) is 4.90 Å². The first-order chi connectivity index (χ1) is 14.7. The normalized spacial score (nSPS) is 11.4. The molecule has 1 amide bonds. The molecule has 0 radical (unpaired) electrons. The van der Waals surface area contributed by atoms with Crippen molar-refractivity contribution in [2.75, 3.05) is 11.8 Å². The van der Waals surface area contributed by atoms with Gasteiger partial charge in [-0.15, -0.1) is 0 Å². The first kappa shape index (κ1) is 22.6. The summed E-state index contributed by atoms with van der Waals surface area (Å²) < 4.78 is 27.6. The third kappa shape index (κ3) is 5.73. The van der Waals surface area contributed by atoms with Crippen molar-refractivity contribution in [3.8, 4) is 0 Å². The highest BCUT2D eigenvalue weighted by Gasteiger charge is 2.16. The zero-order valence-electron chi connectivity index (χ0n) is 18.3. The summed E-state index contributed by atoms with van der Waals surface area (Å²) in [6.45, 7) is 6.70. The molecule has 0 aliphatic heterocycles. The van der Waals surface area contributed by atoms with Crippen LogP contribution in [0.4, 0.5) is 5.69 Å². The van der Waals surface area contributed by atoms with E-state index in [2.05, 4.69) is 30.7 Å². The van der Waals surface area contributed by atoms with Crippen molar-refractivity contribution in [1.82, 2.24) is 4.90 Å². The summed E-state index contributed by atoms with van der Waals surface area (Å²) in [5.74, 6) is 0.344. The average molecular weight is 437 g/mol. The number of benzene rings is 3. The van der Waals surface area contributed by atoms with Crippen molar-refractivity contribution in [3.05, 3.63) is 95.1 Å². The van der Waals surface area contributed by atoms with Gasteiger partial charge in [-0.1, -0.05) is 55.8 Å². The second-order valence-electron chi connectivity index (χ2n) is 8.05. The van der Waals surface area contributed by atoms with Crippen LogP contribution in [0.5, 0.6) is 0 Å². The van der Waals surface area contributed by atoms with E-state index in [0.29, 0.717) is 23.7 Å². The molecule has 5 nitrogen and oxygen atoms in total. The van der Waals surface area contributed by atoms with Crippen LogP contribution in [0.25, 0.3) is 0 Å². The van der Waals surface area contributed by atoms with Gasteiger partial charge in [0.25, 0.3) is 15.9 Å². The molecule has 6 heteroatoms. The molecule has 0 aliphatic carbocycles. The molecule has 3 rings (SSSR count). The third-order valence-corrected chi connectivity index (χ3v) is 6.53. The van der Waals surface area contributed by atoms with Gasteiger partial charge in [-0.25, -0.2) is 8.42 Å². The molecule has 31 heavy (non-hydrogen) atoms. The summed E-state index contributed by atoms with van der Waals surface area (Å²) in [5.41, 5.74) is 4.22. The minimum Gasteiger partial charge on any atom is -0.337 e. The molecule has 0 saturated heterocycles. The lowest BCUT2D eigenvalue weighted by atomic mass is 10.0. The second kappa shape index (κ2) is 9.35. The predicted octanol–water partition coefficient (Wildman–Crippen LogP) is 5.19. The van der Waals surface area contributed by atoms with E-state index in [1.807, 2.05) is 19.1 Å². The summed E-state index contributed by atoms with van der Waals surface area (Å²) in [4.78, 5) is 14.6. The molecular formula is C25H28N2O3S. The number of anilines is 1. The Morgan fingerprint density at radius 1 is 0.903 bits per heavy atom. The van der Waals surface area contributed by atoms with E-state index in [1.165, 1.54) is 5.56 Å². The van der Waals surface area contributed by atoms with E-state index in [4.69, 9.17) is 0 Å². The molecule has 1 N–H and O–H groups in total. The number of nitrogens with zero attached hydrogens (tertiary/aromatic N) is 1. The lowest BCUT2D eigenvalue weighted by molar-refractivity contribution is 0.0785. The van der Waals surface area contributed by atoms with Crippen LogP contribution in [-0.2, 0) is 16.6 Å².